The summed E-state index contributed by atoms with van der Waals surface area (Å²) in [7, 11) is 1.63. The van der Waals surface area contributed by atoms with Gasteiger partial charge in [-0.1, -0.05) is 24.3 Å². The van der Waals surface area contributed by atoms with E-state index in [9.17, 15) is 5.11 Å². The largest absolute Gasteiger partial charge is 0.496 e. The van der Waals surface area contributed by atoms with E-state index in [1.54, 1.807) is 7.11 Å². The van der Waals surface area contributed by atoms with Crippen LogP contribution in [0.3, 0.4) is 0 Å². The number of aryl methyl sites for hydroxylation is 2. The predicted octanol–water partition coefficient (Wildman–Crippen LogP) is 2.88. The van der Waals surface area contributed by atoms with E-state index in [-0.39, 0.29) is 6.61 Å². The van der Waals surface area contributed by atoms with Gasteiger partial charge >= 0.3 is 0 Å². The van der Waals surface area contributed by atoms with Crippen molar-refractivity contribution in [2.75, 3.05) is 13.7 Å². The zero-order valence-electron chi connectivity index (χ0n) is 13.3. The molecule has 4 heteroatoms. The van der Waals surface area contributed by atoms with Gasteiger partial charge in [0.05, 0.1) is 19.8 Å². The van der Waals surface area contributed by atoms with Crippen LogP contribution in [0, 0.1) is 13.8 Å². The zero-order valence-corrected chi connectivity index (χ0v) is 13.3. The third-order valence-electron chi connectivity index (χ3n) is 3.71. The van der Waals surface area contributed by atoms with E-state index in [0.29, 0.717) is 6.61 Å². The van der Waals surface area contributed by atoms with Crippen molar-refractivity contribution in [1.29, 1.82) is 0 Å². The van der Waals surface area contributed by atoms with Crippen molar-refractivity contribution in [3.8, 4) is 11.5 Å². The molecule has 3 N–H and O–H groups in total. The van der Waals surface area contributed by atoms with Gasteiger partial charge in [-0.15, -0.1) is 0 Å². The summed E-state index contributed by atoms with van der Waals surface area (Å²) in [5.41, 5.74) is 9.85. The van der Waals surface area contributed by atoms with Gasteiger partial charge in [0, 0.05) is 5.56 Å². The van der Waals surface area contributed by atoms with Crippen molar-refractivity contribution in [2.24, 2.45) is 5.73 Å². The average Bonchev–Trinajstić information content (AvgIpc) is 2.53. The smallest absolute Gasteiger partial charge is 0.125 e. The quantitative estimate of drug-likeness (QED) is 0.861. The second-order valence-corrected chi connectivity index (χ2v) is 5.37. The molecule has 4 nitrogen and oxygen atoms in total. The molecule has 0 unspecified atom stereocenters. The summed E-state index contributed by atoms with van der Waals surface area (Å²) >= 11 is 0. The van der Waals surface area contributed by atoms with Gasteiger partial charge in [0.25, 0.3) is 0 Å². The number of rotatable bonds is 6. The highest BCUT2D eigenvalue weighted by molar-refractivity contribution is 5.42. The number of aliphatic hydroxyl groups excluding tert-OH is 1. The van der Waals surface area contributed by atoms with Crippen molar-refractivity contribution < 1.29 is 14.6 Å². The standard InChI is InChI=1S/C18H23NO3/c1-12-5-4-6-13(2)18(12)22-11-15-9-14(16(19)10-20)7-8-17(15)21-3/h4-9,16,20H,10-11,19H2,1-3H3/t16-/m0/s1. The topological polar surface area (TPSA) is 64.7 Å². The molecule has 118 valence electrons. The Hall–Kier alpha value is -2.04. The summed E-state index contributed by atoms with van der Waals surface area (Å²) in [6, 6.07) is 11.3. The predicted molar refractivity (Wildman–Crippen MR) is 87.3 cm³/mol. The number of benzene rings is 2. The minimum absolute atomic E-state index is 0.0937. The summed E-state index contributed by atoms with van der Waals surface area (Å²) < 4.78 is 11.4. The Labute approximate surface area is 131 Å². The lowest BCUT2D eigenvalue weighted by Crippen LogP contribution is -2.15. The minimum Gasteiger partial charge on any atom is -0.496 e. The molecule has 0 amide bonds. The molecule has 2 aromatic carbocycles. The van der Waals surface area contributed by atoms with E-state index in [1.807, 2.05) is 50.2 Å². The van der Waals surface area contributed by atoms with Gasteiger partial charge < -0.3 is 20.3 Å². The monoisotopic (exact) mass is 301 g/mol. The molecule has 0 fully saturated rings. The Morgan fingerprint density at radius 3 is 2.41 bits per heavy atom. The molecule has 1 atom stereocenters. The third-order valence-corrected chi connectivity index (χ3v) is 3.71. The summed E-state index contributed by atoms with van der Waals surface area (Å²) in [6.07, 6.45) is 0. The molecule has 0 aromatic heterocycles. The fourth-order valence-electron chi connectivity index (χ4n) is 2.42. The lowest BCUT2D eigenvalue weighted by molar-refractivity contribution is 0.267. The van der Waals surface area contributed by atoms with Gasteiger partial charge in [-0.3, -0.25) is 0 Å². The summed E-state index contributed by atoms with van der Waals surface area (Å²) in [4.78, 5) is 0. The van der Waals surface area contributed by atoms with Crippen LogP contribution in [0.1, 0.15) is 28.3 Å². The normalized spacial score (nSPS) is 12.0. The van der Waals surface area contributed by atoms with Crippen LogP contribution in [0.2, 0.25) is 0 Å². The second kappa shape index (κ2) is 7.29. The van der Waals surface area contributed by atoms with Crippen LogP contribution in [0.5, 0.6) is 11.5 Å². The maximum atomic E-state index is 9.20. The molecule has 0 aliphatic rings. The first-order valence-electron chi connectivity index (χ1n) is 7.29. The number of hydrogen-bond acceptors (Lipinski definition) is 4. The van der Waals surface area contributed by atoms with Gasteiger partial charge in [-0.25, -0.2) is 0 Å². The first kappa shape index (κ1) is 16.3. The van der Waals surface area contributed by atoms with E-state index in [0.717, 1.165) is 33.8 Å². The number of para-hydroxylation sites is 1. The molecule has 0 heterocycles. The highest BCUT2D eigenvalue weighted by Gasteiger charge is 2.11. The number of nitrogens with two attached hydrogens (primary N) is 1. The van der Waals surface area contributed by atoms with E-state index in [1.165, 1.54) is 0 Å². The van der Waals surface area contributed by atoms with Crippen molar-refractivity contribution in [3.05, 3.63) is 58.7 Å². The molecular weight excluding hydrogens is 278 g/mol. The van der Waals surface area contributed by atoms with E-state index in [4.69, 9.17) is 15.2 Å². The SMILES string of the molecule is COc1ccc([C@@H](N)CO)cc1COc1c(C)cccc1C. The lowest BCUT2D eigenvalue weighted by atomic mass is 10.0. The van der Waals surface area contributed by atoms with Crippen LogP contribution in [0.4, 0.5) is 0 Å². The van der Waals surface area contributed by atoms with Crippen molar-refractivity contribution in [2.45, 2.75) is 26.5 Å². The van der Waals surface area contributed by atoms with Crippen LogP contribution >= 0.6 is 0 Å². The average molecular weight is 301 g/mol. The number of hydrogen-bond donors (Lipinski definition) is 2. The van der Waals surface area contributed by atoms with E-state index < -0.39 is 6.04 Å². The maximum absolute atomic E-state index is 9.20. The minimum atomic E-state index is -0.398. The molecule has 0 aliphatic carbocycles. The Kier molecular flexibility index (Phi) is 5.41. The van der Waals surface area contributed by atoms with Gasteiger partial charge in [-0.2, -0.15) is 0 Å². The summed E-state index contributed by atoms with van der Waals surface area (Å²) in [5.74, 6) is 1.64. The highest BCUT2D eigenvalue weighted by Crippen LogP contribution is 2.27. The van der Waals surface area contributed by atoms with Crippen molar-refractivity contribution >= 4 is 0 Å². The van der Waals surface area contributed by atoms with E-state index >= 15 is 0 Å². The molecule has 0 radical (unpaired) electrons. The fraction of sp³-hybridized carbons (Fsp3) is 0.333. The van der Waals surface area contributed by atoms with Gasteiger partial charge in [-0.05, 0) is 42.7 Å². The lowest BCUT2D eigenvalue weighted by Gasteiger charge is -2.16. The highest BCUT2D eigenvalue weighted by atomic mass is 16.5. The van der Waals surface area contributed by atoms with E-state index in [2.05, 4.69) is 0 Å². The van der Waals surface area contributed by atoms with Gasteiger partial charge in [0.1, 0.15) is 18.1 Å². The maximum Gasteiger partial charge on any atom is 0.125 e. The molecular formula is C18H23NO3. The van der Waals surface area contributed by atoms with Crippen LogP contribution in [-0.2, 0) is 6.61 Å². The fourth-order valence-corrected chi connectivity index (χ4v) is 2.42. The van der Waals surface area contributed by atoms with Crippen molar-refractivity contribution in [3.63, 3.8) is 0 Å². The molecule has 0 saturated heterocycles. The summed E-state index contributed by atoms with van der Waals surface area (Å²) in [6.45, 7) is 4.35. The van der Waals surface area contributed by atoms with Crippen LogP contribution in [0.15, 0.2) is 36.4 Å². The van der Waals surface area contributed by atoms with Crippen LogP contribution < -0.4 is 15.2 Å². The van der Waals surface area contributed by atoms with Gasteiger partial charge in [0.15, 0.2) is 0 Å². The molecule has 0 saturated carbocycles. The third kappa shape index (κ3) is 3.59. The Bertz CT molecular complexity index is 620. The van der Waals surface area contributed by atoms with Crippen molar-refractivity contribution in [1.82, 2.24) is 0 Å². The van der Waals surface area contributed by atoms with Crippen LogP contribution in [-0.4, -0.2) is 18.8 Å². The molecule has 0 aliphatic heterocycles. The Balaban J connectivity index is 2.24. The first-order valence-corrected chi connectivity index (χ1v) is 7.29. The number of ether oxygens (including phenoxy) is 2. The molecule has 2 rings (SSSR count). The molecule has 22 heavy (non-hydrogen) atoms. The van der Waals surface area contributed by atoms with Crippen LogP contribution in [0.25, 0.3) is 0 Å². The molecule has 0 spiro atoms. The number of methoxy groups -OCH3 is 1. The Morgan fingerprint density at radius 1 is 1.14 bits per heavy atom. The Morgan fingerprint density at radius 2 is 1.82 bits per heavy atom. The second-order valence-electron chi connectivity index (χ2n) is 5.37. The summed E-state index contributed by atoms with van der Waals surface area (Å²) in [5, 5.41) is 9.20. The van der Waals surface area contributed by atoms with Gasteiger partial charge in [0.2, 0.25) is 0 Å². The zero-order chi connectivity index (χ0) is 16.1. The number of aliphatic hydroxyl groups is 1. The molecule has 0 bridgehead atoms. The molecule has 2 aromatic rings. The first-order chi connectivity index (χ1) is 10.6.